The Bertz CT molecular complexity index is 856. The first-order valence-corrected chi connectivity index (χ1v) is 7.43. The fraction of sp³-hybridized carbons (Fsp3) is 0.294. The van der Waals surface area contributed by atoms with Crippen molar-refractivity contribution < 1.29 is 9.21 Å². The van der Waals surface area contributed by atoms with Crippen LogP contribution in [0.25, 0.3) is 5.65 Å². The van der Waals surface area contributed by atoms with E-state index in [0.29, 0.717) is 13.0 Å². The molecule has 1 atom stereocenters. The Morgan fingerprint density at radius 3 is 3.00 bits per heavy atom. The number of nitrogens with one attached hydrogen (secondary N) is 1. The number of rotatable bonds is 1. The molecule has 5 nitrogen and oxygen atoms in total. The van der Waals surface area contributed by atoms with E-state index in [1.807, 2.05) is 44.3 Å². The predicted molar refractivity (Wildman–Crippen MR) is 81.7 cm³/mol. The number of hydrogen-bond donors (Lipinski definition) is 1. The molecule has 1 N–H and O–H groups in total. The van der Waals surface area contributed by atoms with Crippen LogP contribution in [0.3, 0.4) is 0 Å². The van der Waals surface area contributed by atoms with Crippen LogP contribution in [0.4, 0.5) is 0 Å². The van der Waals surface area contributed by atoms with Crippen LogP contribution in [-0.2, 0) is 11.3 Å². The molecule has 1 aliphatic heterocycles. The Morgan fingerprint density at radius 1 is 1.36 bits per heavy atom. The van der Waals surface area contributed by atoms with E-state index in [0.717, 1.165) is 34.1 Å². The second-order valence-corrected chi connectivity index (χ2v) is 5.79. The molecule has 1 amide bonds. The van der Waals surface area contributed by atoms with Gasteiger partial charge in [-0.1, -0.05) is 6.07 Å². The summed E-state index contributed by atoms with van der Waals surface area (Å²) in [6.07, 6.45) is 2.37. The number of carbonyl (C=O) groups is 1. The zero-order chi connectivity index (χ0) is 15.3. The van der Waals surface area contributed by atoms with Gasteiger partial charge >= 0.3 is 0 Å². The molecule has 0 fully saturated rings. The molecule has 0 saturated carbocycles. The summed E-state index contributed by atoms with van der Waals surface area (Å²) in [6.45, 7) is 4.44. The van der Waals surface area contributed by atoms with Crippen molar-refractivity contribution in [3.05, 3.63) is 58.9 Å². The van der Waals surface area contributed by atoms with Crippen molar-refractivity contribution in [2.75, 3.05) is 0 Å². The molecule has 0 bridgehead atoms. The van der Waals surface area contributed by atoms with E-state index in [-0.39, 0.29) is 11.8 Å². The molecular formula is C17H17N3O2. The lowest BCUT2D eigenvalue weighted by Crippen LogP contribution is -2.21. The van der Waals surface area contributed by atoms with E-state index >= 15 is 0 Å². The normalized spacial score (nSPS) is 18.1. The van der Waals surface area contributed by atoms with Crippen LogP contribution in [0.5, 0.6) is 0 Å². The Balaban J connectivity index is 1.95. The van der Waals surface area contributed by atoms with Crippen molar-refractivity contribution >= 4 is 11.6 Å². The average Bonchev–Trinajstić information content (AvgIpc) is 2.98. The van der Waals surface area contributed by atoms with Gasteiger partial charge in [-0.15, -0.1) is 0 Å². The van der Waals surface area contributed by atoms with Gasteiger partial charge in [0.15, 0.2) is 0 Å². The average molecular weight is 295 g/mol. The third-order valence-electron chi connectivity index (χ3n) is 4.34. The molecular weight excluding hydrogens is 278 g/mol. The van der Waals surface area contributed by atoms with Gasteiger partial charge in [0, 0.05) is 12.6 Å². The highest BCUT2D eigenvalue weighted by atomic mass is 16.3. The third kappa shape index (κ3) is 1.93. The fourth-order valence-corrected chi connectivity index (χ4v) is 3.11. The van der Waals surface area contributed by atoms with Crippen LogP contribution < -0.4 is 5.32 Å². The second kappa shape index (κ2) is 4.73. The van der Waals surface area contributed by atoms with Gasteiger partial charge in [0.05, 0.1) is 23.9 Å². The lowest BCUT2D eigenvalue weighted by Gasteiger charge is -2.12. The number of furan rings is 1. The molecule has 0 saturated heterocycles. The maximum atomic E-state index is 12.1. The van der Waals surface area contributed by atoms with Gasteiger partial charge in [0.1, 0.15) is 17.2 Å². The first-order chi connectivity index (χ1) is 10.6. The van der Waals surface area contributed by atoms with E-state index in [9.17, 15) is 4.79 Å². The minimum atomic E-state index is -0.109. The standard InChI is InChI=1S/C17H17N3O2/c1-10-7-14(22-11(10)2)12-8-16(21)18-9-13-17(12)20-6-4-3-5-15(20)19-13/h3-7,12H,8-9H2,1-2H3,(H,18,21)/t12-/m0/s1. The molecule has 5 heteroatoms. The van der Waals surface area contributed by atoms with Gasteiger partial charge in [-0.3, -0.25) is 4.79 Å². The van der Waals surface area contributed by atoms with E-state index in [1.54, 1.807) is 0 Å². The first-order valence-electron chi connectivity index (χ1n) is 7.43. The van der Waals surface area contributed by atoms with Gasteiger partial charge in [-0.2, -0.15) is 0 Å². The summed E-state index contributed by atoms with van der Waals surface area (Å²) < 4.78 is 7.97. The van der Waals surface area contributed by atoms with Crippen LogP contribution in [0.15, 0.2) is 34.9 Å². The van der Waals surface area contributed by atoms with Gasteiger partial charge in [-0.05, 0) is 37.6 Å². The second-order valence-electron chi connectivity index (χ2n) is 5.79. The number of fused-ring (bicyclic) bond motifs is 3. The van der Waals surface area contributed by atoms with Crippen molar-refractivity contribution in [2.24, 2.45) is 0 Å². The highest BCUT2D eigenvalue weighted by Crippen LogP contribution is 2.34. The maximum Gasteiger partial charge on any atom is 0.221 e. The van der Waals surface area contributed by atoms with Crippen molar-refractivity contribution in [1.29, 1.82) is 0 Å². The van der Waals surface area contributed by atoms with Gasteiger partial charge in [0.2, 0.25) is 5.91 Å². The molecule has 4 rings (SSSR count). The van der Waals surface area contributed by atoms with E-state index in [2.05, 4.69) is 14.7 Å². The SMILES string of the molecule is Cc1cc([C@@H]2CC(=O)NCc3nc4ccccn4c32)oc1C. The molecule has 0 unspecified atom stereocenters. The van der Waals surface area contributed by atoms with Crippen LogP contribution in [0, 0.1) is 13.8 Å². The molecule has 1 aliphatic rings. The maximum absolute atomic E-state index is 12.1. The predicted octanol–water partition coefficient (Wildman–Crippen LogP) is 2.70. The summed E-state index contributed by atoms with van der Waals surface area (Å²) in [5.41, 5.74) is 3.96. The van der Waals surface area contributed by atoms with Gasteiger partial charge in [-0.25, -0.2) is 4.98 Å². The van der Waals surface area contributed by atoms with Crippen molar-refractivity contribution in [2.45, 2.75) is 32.7 Å². The van der Waals surface area contributed by atoms with E-state index < -0.39 is 0 Å². The zero-order valence-electron chi connectivity index (χ0n) is 12.6. The molecule has 4 heterocycles. The number of nitrogens with zero attached hydrogens (tertiary/aromatic N) is 2. The fourth-order valence-electron chi connectivity index (χ4n) is 3.11. The first kappa shape index (κ1) is 13.1. The quantitative estimate of drug-likeness (QED) is 0.751. The summed E-state index contributed by atoms with van der Waals surface area (Å²) in [5.74, 6) is 1.65. The summed E-state index contributed by atoms with van der Waals surface area (Å²) in [7, 11) is 0. The zero-order valence-corrected chi connectivity index (χ0v) is 12.6. The minimum Gasteiger partial charge on any atom is -0.465 e. The number of aromatic nitrogens is 2. The van der Waals surface area contributed by atoms with Crippen molar-refractivity contribution in [1.82, 2.24) is 14.7 Å². The Hall–Kier alpha value is -2.56. The molecule has 22 heavy (non-hydrogen) atoms. The summed E-state index contributed by atoms with van der Waals surface area (Å²) in [4.78, 5) is 16.7. The Morgan fingerprint density at radius 2 is 2.23 bits per heavy atom. The highest BCUT2D eigenvalue weighted by Gasteiger charge is 2.31. The topological polar surface area (TPSA) is 59.5 Å². The molecule has 3 aromatic rings. The minimum absolute atomic E-state index is 0.0272. The highest BCUT2D eigenvalue weighted by molar-refractivity contribution is 5.78. The largest absolute Gasteiger partial charge is 0.465 e. The summed E-state index contributed by atoms with van der Waals surface area (Å²) in [5, 5.41) is 2.93. The van der Waals surface area contributed by atoms with Gasteiger partial charge in [0.25, 0.3) is 0 Å². The molecule has 112 valence electrons. The number of hydrogen-bond acceptors (Lipinski definition) is 3. The molecule has 0 aromatic carbocycles. The molecule has 0 spiro atoms. The third-order valence-corrected chi connectivity index (χ3v) is 4.34. The number of aryl methyl sites for hydroxylation is 2. The molecule has 0 radical (unpaired) electrons. The van der Waals surface area contributed by atoms with Crippen LogP contribution in [0.1, 0.15) is 40.8 Å². The van der Waals surface area contributed by atoms with E-state index in [1.165, 1.54) is 0 Å². The number of amides is 1. The smallest absolute Gasteiger partial charge is 0.221 e. The Kier molecular flexibility index (Phi) is 2.82. The molecule has 3 aromatic heterocycles. The molecule has 0 aliphatic carbocycles. The number of imidazole rings is 1. The van der Waals surface area contributed by atoms with Crippen LogP contribution in [0.2, 0.25) is 0 Å². The van der Waals surface area contributed by atoms with E-state index in [4.69, 9.17) is 4.42 Å². The van der Waals surface area contributed by atoms with Crippen molar-refractivity contribution in [3.8, 4) is 0 Å². The Labute approximate surface area is 128 Å². The summed E-state index contributed by atoms with van der Waals surface area (Å²) >= 11 is 0. The van der Waals surface area contributed by atoms with Crippen LogP contribution >= 0.6 is 0 Å². The van der Waals surface area contributed by atoms with Crippen molar-refractivity contribution in [3.63, 3.8) is 0 Å². The monoisotopic (exact) mass is 295 g/mol. The van der Waals surface area contributed by atoms with Crippen LogP contribution in [-0.4, -0.2) is 15.3 Å². The number of pyridine rings is 1. The lowest BCUT2D eigenvalue weighted by molar-refractivity contribution is -0.121. The lowest BCUT2D eigenvalue weighted by atomic mass is 9.97. The number of carbonyl (C=O) groups excluding carboxylic acids is 1. The van der Waals surface area contributed by atoms with Gasteiger partial charge < -0.3 is 14.1 Å². The summed E-state index contributed by atoms with van der Waals surface area (Å²) in [6, 6.07) is 7.96.